The van der Waals surface area contributed by atoms with Crippen LogP contribution < -0.4 is 0 Å². The van der Waals surface area contributed by atoms with Gasteiger partial charge in [0.15, 0.2) is 0 Å². The first-order valence-electron chi connectivity index (χ1n) is 2.66. The fourth-order valence-corrected chi connectivity index (χ4v) is 1.06. The van der Waals surface area contributed by atoms with E-state index in [2.05, 4.69) is 11.7 Å². The van der Waals surface area contributed by atoms with Gasteiger partial charge >= 0.3 is 8.80 Å². The molecule has 0 rings (SSSR count). The van der Waals surface area contributed by atoms with E-state index in [1.54, 1.807) is 0 Å². The largest absolute Gasteiger partial charge is 0.492 e. The number of hydrogen-bond donors (Lipinski definition) is 3. The molecule has 9 heavy (non-hydrogen) atoms. The van der Waals surface area contributed by atoms with Crippen LogP contribution in [0.3, 0.4) is 0 Å². The molecule has 0 heterocycles. The maximum atomic E-state index is 8.43. The second-order valence-corrected chi connectivity index (χ2v) is 3.87. The minimum Gasteiger partial charge on any atom is -0.390 e. The van der Waals surface area contributed by atoms with E-state index in [-0.39, 0.29) is 6.04 Å². The van der Waals surface area contributed by atoms with Crippen LogP contribution in [0, 0.1) is 0 Å². The lowest BCUT2D eigenvalue weighted by Gasteiger charge is -2.06. The first kappa shape index (κ1) is 8.77. The molecule has 0 saturated heterocycles. The number of nitrogens with zero attached hydrogens (tertiary/aromatic N) is 1. The first-order valence-corrected chi connectivity index (χ1v) is 4.71. The molecular weight excluding hydrogens is 138 g/mol. The Morgan fingerprint density at radius 3 is 2.22 bits per heavy atom. The second-order valence-electron chi connectivity index (χ2n) is 1.83. The molecular formula is C4H11NO3Si. The van der Waals surface area contributed by atoms with Gasteiger partial charge in [0, 0.05) is 12.6 Å². The molecule has 0 aliphatic heterocycles. The maximum Gasteiger partial charge on any atom is 0.492 e. The van der Waals surface area contributed by atoms with Gasteiger partial charge < -0.3 is 19.4 Å². The summed E-state index contributed by atoms with van der Waals surface area (Å²) in [5.41, 5.74) is 0. The number of hydrogen-bond acceptors (Lipinski definition) is 4. The maximum absolute atomic E-state index is 8.43. The van der Waals surface area contributed by atoms with Crippen LogP contribution in [0.2, 0.25) is 6.04 Å². The highest BCUT2D eigenvalue weighted by molar-refractivity contribution is 6.56. The predicted octanol–water partition coefficient (Wildman–Crippen LogP) is -1.01. The van der Waals surface area contributed by atoms with Gasteiger partial charge in [0.1, 0.15) is 0 Å². The molecule has 0 spiro atoms. The van der Waals surface area contributed by atoms with E-state index in [1.165, 1.54) is 0 Å². The van der Waals surface area contributed by atoms with Gasteiger partial charge in [-0.25, -0.2) is 0 Å². The van der Waals surface area contributed by atoms with Crippen LogP contribution in [0.4, 0.5) is 0 Å². The molecule has 0 unspecified atom stereocenters. The van der Waals surface area contributed by atoms with Crippen LogP contribution in [-0.2, 0) is 0 Å². The van der Waals surface area contributed by atoms with E-state index in [1.807, 2.05) is 0 Å². The zero-order valence-electron chi connectivity index (χ0n) is 5.12. The highest BCUT2D eigenvalue weighted by atomic mass is 28.4. The lowest BCUT2D eigenvalue weighted by molar-refractivity contribution is 0.227. The lowest BCUT2D eigenvalue weighted by atomic mass is 10.5. The van der Waals surface area contributed by atoms with Gasteiger partial charge in [0.25, 0.3) is 0 Å². The standard InChI is InChI=1S/C4H11NO3Si/c1-5-3-2-4-9(6,7)8/h6-8H,1-4H2. The van der Waals surface area contributed by atoms with Gasteiger partial charge in [0.05, 0.1) is 0 Å². The Morgan fingerprint density at radius 2 is 1.89 bits per heavy atom. The second kappa shape index (κ2) is 3.73. The van der Waals surface area contributed by atoms with Gasteiger partial charge in [0.2, 0.25) is 0 Å². The summed E-state index contributed by atoms with van der Waals surface area (Å²) in [6.07, 6.45) is 0.485. The fraction of sp³-hybridized carbons (Fsp3) is 0.750. The predicted molar refractivity (Wildman–Crippen MR) is 36.3 cm³/mol. The average Bonchev–Trinajstić information content (AvgIpc) is 1.63. The van der Waals surface area contributed by atoms with Crippen LogP contribution >= 0.6 is 0 Å². The van der Waals surface area contributed by atoms with Crippen molar-refractivity contribution in [1.82, 2.24) is 0 Å². The Labute approximate surface area is 54.9 Å². The highest BCUT2D eigenvalue weighted by Gasteiger charge is 2.25. The van der Waals surface area contributed by atoms with Crippen LogP contribution in [-0.4, -0.2) is 36.5 Å². The molecule has 0 aliphatic rings. The minimum atomic E-state index is -3.78. The Hall–Kier alpha value is -0.233. The van der Waals surface area contributed by atoms with Gasteiger partial charge in [-0.05, 0) is 13.1 Å². The number of rotatable bonds is 4. The topological polar surface area (TPSA) is 73.1 Å². The molecule has 4 nitrogen and oxygen atoms in total. The van der Waals surface area contributed by atoms with E-state index in [9.17, 15) is 0 Å². The van der Waals surface area contributed by atoms with Crippen LogP contribution in [0.5, 0.6) is 0 Å². The molecule has 0 aromatic heterocycles. The van der Waals surface area contributed by atoms with Gasteiger partial charge in [-0.2, -0.15) is 0 Å². The Kier molecular flexibility index (Phi) is 3.63. The zero-order valence-corrected chi connectivity index (χ0v) is 6.12. The molecule has 0 atom stereocenters. The Morgan fingerprint density at radius 1 is 1.33 bits per heavy atom. The van der Waals surface area contributed by atoms with Gasteiger partial charge in [-0.3, -0.25) is 0 Å². The van der Waals surface area contributed by atoms with E-state index < -0.39 is 8.80 Å². The van der Waals surface area contributed by atoms with Crippen molar-refractivity contribution in [1.29, 1.82) is 0 Å². The van der Waals surface area contributed by atoms with E-state index in [4.69, 9.17) is 14.4 Å². The molecule has 0 fully saturated rings. The quantitative estimate of drug-likeness (QED) is 0.272. The summed E-state index contributed by atoms with van der Waals surface area (Å²) >= 11 is 0. The Balaban J connectivity index is 3.17. The van der Waals surface area contributed by atoms with E-state index in [0.717, 1.165) is 0 Å². The van der Waals surface area contributed by atoms with Crippen LogP contribution in [0.1, 0.15) is 6.42 Å². The molecule has 0 bridgehead atoms. The van der Waals surface area contributed by atoms with E-state index >= 15 is 0 Å². The van der Waals surface area contributed by atoms with Gasteiger partial charge in [-0.15, -0.1) is 0 Å². The normalized spacial score (nSPS) is 11.4. The third-order valence-corrected chi connectivity index (χ3v) is 1.85. The molecule has 0 aliphatic carbocycles. The molecule has 0 radical (unpaired) electrons. The summed E-state index contributed by atoms with van der Waals surface area (Å²) in [5, 5.41) is 0. The lowest BCUT2D eigenvalue weighted by Crippen LogP contribution is -2.34. The van der Waals surface area contributed by atoms with Crippen molar-refractivity contribution in [3.8, 4) is 0 Å². The summed E-state index contributed by atoms with van der Waals surface area (Å²) < 4.78 is 0. The third kappa shape index (κ3) is 7.77. The molecule has 5 heteroatoms. The smallest absolute Gasteiger partial charge is 0.390 e. The summed E-state index contributed by atoms with van der Waals surface area (Å²) in [6, 6.07) is 0.0476. The average molecular weight is 149 g/mol. The molecule has 0 amide bonds. The summed E-state index contributed by atoms with van der Waals surface area (Å²) in [4.78, 5) is 28.8. The molecule has 0 aromatic carbocycles. The van der Waals surface area contributed by atoms with E-state index in [0.29, 0.717) is 13.0 Å². The monoisotopic (exact) mass is 149 g/mol. The molecule has 54 valence electrons. The summed E-state index contributed by atoms with van der Waals surface area (Å²) in [6.45, 7) is 3.67. The third-order valence-electron chi connectivity index (χ3n) is 0.828. The number of aliphatic imine (C=N–C) groups is 1. The molecule has 0 saturated carbocycles. The van der Waals surface area contributed by atoms with Crippen molar-refractivity contribution in [2.24, 2.45) is 4.99 Å². The van der Waals surface area contributed by atoms with Gasteiger partial charge in [-0.1, -0.05) is 0 Å². The fourth-order valence-electron chi connectivity index (χ4n) is 0.428. The van der Waals surface area contributed by atoms with Crippen molar-refractivity contribution in [2.45, 2.75) is 12.5 Å². The first-order chi connectivity index (χ1) is 4.06. The minimum absolute atomic E-state index is 0.0476. The van der Waals surface area contributed by atoms with Crippen molar-refractivity contribution < 1.29 is 14.4 Å². The zero-order chi connectivity index (χ0) is 7.33. The van der Waals surface area contributed by atoms with Crippen molar-refractivity contribution >= 4 is 15.5 Å². The highest BCUT2D eigenvalue weighted by Crippen LogP contribution is 1.99. The van der Waals surface area contributed by atoms with Crippen molar-refractivity contribution in [2.75, 3.05) is 6.54 Å². The summed E-state index contributed by atoms with van der Waals surface area (Å²) in [5.74, 6) is 0. The SMILES string of the molecule is C=NCCC[Si](O)(O)O. The van der Waals surface area contributed by atoms with Crippen molar-refractivity contribution in [3.05, 3.63) is 0 Å². The van der Waals surface area contributed by atoms with Crippen molar-refractivity contribution in [3.63, 3.8) is 0 Å². The Bertz CT molecular complexity index is 90.3. The van der Waals surface area contributed by atoms with Crippen LogP contribution in [0.15, 0.2) is 4.99 Å². The van der Waals surface area contributed by atoms with Crippen LogP contribution in [0.25, 0.3) is 0 Å². The molecule has 3 N–H and O–H groups in total. The summed E-state index contributed by atoms with van der Waals surface area (Å²) in [7, 11) is -3.78. The molecule has 0 aromatic rings.